The van der Waals surface area contributed by atoms with Crippen molar-refractivity contribution in [3.05, 3.63) is 89.5 Å². The average Bonchev–Trinajstić information content (AvgIpc) is 2.85. The minimum atomic E-state index is -0.663. The van der Waals surface area contributed by atoms with Gasteiger partial charge >= 0.3 is 0 Å². The van der Waals surface area contributed by atoms with Crippen LogP contribution >= 0.6 is 0 Å². The maximum Gasteiger partial charge on any atom is 0.276 e. The van der Waals surface area contributed by atoms with Crippen LogP contribution in [-0.2, 0) is 0 Å². The van der Waals surface area contributed by atoms with E-state index in [9.17, 15) is 9.59 Å². The van der Waals surface area contributed by atoms with Gasteiger partial charge in [-0.2, -0.15) is 0 Å². The number of para-hydroxylation sites is 3. The van der Waals surface area contributed by atoms with Crippen LogP contribution in [0.4, 0.5) is 5.69 Å². The number of nitrogens with one attached hydrogen (secondary N) is 2. The lowest BCUT2D eigenvalue weighted by atomic mass is 10.0. The van der Waals surface area contributed by atoms with Crippen molar-refractivity contribution in [1.82, 2.24) is 10.4 Å². The minimum Gasteiger partial charge on any atom is -0.493 e. The van der Waals surface area contributed by atoms with Crippen molar-refractivity contribution in [1.29, 1.82) is 0 Å². The highest BCUT2D eigenvalue weighted by atomic mass is 16.5. The second kappa shape index (κ2) is 10.1. The normalized spacial score (nSPS) is 14.8. The molecule has 0 radical (unpaired) electrons. The first-order chi connectivity index (χ1) is 16.1. The highest BCUT2D eigenvalue weighted by Crippen LogP contribution is 2.36. The first-order valence-electron chi connectivity index (χ1n) is 11.1. The van der Waals surface area contributed by atoms with Gasteiger partial charge in [-0.15, -0.1) is 0 Å². The molecule has 0 aromatic heterocycles. The smallest absolute Gasteiger partial charge is 0.276 e. The molecule has 7 nitrogen and oxygen atoms in total. The SMILES string of the molecule is CCCOc1ccccc1[C@H]1Nc2ccccc2C(=O)N1NC(=O)c1ccccc1OCC. The number of fused-ring (bicyclic) bond motifs is 1. The maximum atomic E-state index is 13.5. The Morgan fingerprint density at radius 3 is 2.42 bits per heavy atom. The third kappa shape index (κ3) is 4.62. The molecule has 1 atom stereocenters. The molecule has 7 heteroatoms. The van der Waals surface area contributed by atoms with Crippen LogP contribution in [-0.4, -0.2) is 30.0 Å². The molecule has 4 rings (SSSR count). The van der Waals surface area contributed by atoms with Crippen molar-refractivity contribution < 1.29 is 19.1 Å². The summed E-state index contributed by atoms with van der Waals surface area (Å²) in [6.45, 7) is 4.85. The number of carbonyl (C=O) groups excluding carboxylic acids is 2. The molecular weight excluding hydrogens is 418 g/mol. The van der Waals surface area contributed by atoms with E-state index in [2.05, 4.69) is 10.7 Å². The van der Waals surface area contributed by atoms with Gasteiger partial charge in [0.15, 0.2) is 6.17 Å². The molecule has 1 aliphatic rings. The summed E-state index contributed by atoms with van der Waals surface area (Å²) in [5, 5.41) is 4.71. The molecule has 1 aliphatic heterocycles. The molecule has 2 amide bonds. The van der Waals surface area contributed by atoms with Crippen LogP contribution in [0, 0.1) is 0 Å². The van der Waals surface area contributed by atoms with Crippen LogP contribution < -0.4 is 20.2 Å². The number of nitrogens with zero attached hydrogens (tertiary/aromatic N) is 1. The summed E-state index contributed by atoms with van der Waals surface area (Å²) in [4.78, 5) is 26.8. The van der Waals surface area contributed by atoms with E-state index >= 15 is 0 Å². The van der Waals surface area contributed by atoms with Crippen LogP contribution in [0.1, 0.15) is 52.7 Å². The molecule has 3 aromatic carbocycles. The third-order valence-corrected chi connectivity index (χ3v) is 5.26. The molecule has 170 valence electrons. The zero-order valence-electron chi connectivity index (χ0n) is 18.7. The zero-order valence-corrected chi connectivity index (χ0v) is 18.7. The van der Waals surface area contributed by atoms with E-state index in [-0.39, 0.29) is 5.91 Å². The van der Waals surface area contributed by atoms with Crippen molar-refractivity contribution in [2.45, 2.75) is 26.4 Å². The minimum absolute atomic E-state index is 0.318. The largest absolute Gasteiger partial charge is 0.493 e. The maximum absolute atomic E-state index is 13.5. The number of anilines is 1. The Morgan fingerprint density at radius 2 is 1.64 bits per heavy atom. The average molecular weight is 446 g/mol. The van der Waals surface area contributed by atoms with Gasteiger partial charge in [-0.05, 0) is 43.7 Å². The molecule has 0 unspecified atom stereocenters. The predicted molar refractivity (Wildman–Crippen MR) is 126 cm³/mol. The summed E-state index contributed by atoms with van der Waals surface area (Å²) in [6.07, 6.45) is 0.187. The molecule has 3 aromatic rings. The Labute approximate surface area is 193 Å². The van der Waals surface area contributed by atoms with Crippen molar-refractivity contribution in [3.63, 3.8) is 0 Å². The number of carbonyl (C=O) groups is 2. The van der Waals surface area contributed by atoms with Gasteiger partial charge in [0.05, 0.1) is 24.3 Å². The fraction of sp³-hybridized carbons (Fsp3) is 0.231. The zero-order chi connectivity index (χ0) is 23.2. The molecule has 33 heavy (non-hydrogen) atoms. The Morgan fingerprint density at radius 1 is 0.939 bits per heavy atom. The van der Waals surface area contributed by atoms with E-state index in [1.807, 2.05) is 50.2 Å². The number of hydrogen-bond donors (Lipinski definition) is 2. The molecule has 0 saturated heterocycles. The van der Waals surface area contributed by atoms with Gasteiger partial charge < -0.3 is 14.8 Å². The quantitative estimate of drug-likeness (QED) is 0.521. The van der Waals surface area contributed by atoms with E-state index in [4.69, 9.17) is 9.47 Å². The lowest BCUT2D eigenvalue weighted by molar-refractivity contribution is 0.0486. The summed E-state index contributed by atoms with van der Waals surface area (Å²) < 4.78 is 11.5. The van der Waals surface area contributed by atoms with Gasteiger partial charge in [0.25, 0.3) is 11.8 Å². The van der Waals surface area contributed by atoms with E-state index in [0.717, 1.165) is 12.0 Å². The molecule has 2 N–H and O–H groups in total. The Bertz CT molecular complexity index is 1150. The molecular formula is C26H27N3O4. The molecule has 1 heterocycles. The number of rotatable bonds is 8. The monoisotopic (exact) mass is 445 g/mol. The molecule has 0 saturated carbocycles. The molecule has 0 fully saturated rings. The van der Waals surface area contributed by atoms with E-state index in [1.165, 1.54) is 5.01 Å². The number of benzene rings is 3. The van der Waals surface area contributed by atoms with E-state index < -0.39 is 12.1 Å². The summed E-state index contributed by atoms with van der Waals surface area (Å²) in [7, 11) is 0. The van der Waals surface area contributed by atoms with Crippen LogP contribution in [0.5, 0.6) is 11.5 Å². The van der Waals surface area contributed by atoms with Crippen molar-refractivity contribution in [2.24, 2.45) is 0 Å². The number of ether oxygens (including phenoxy) is 2. The van der Waals surface area contributed by atoms with Crippen LogP contribution in [0.25, 0.3) is 0 Å². The third-order valence-electron chi connectivity index (χ3n) is 5.26. The van der Waals surface area contributed by atoms with E-state index in [0.29, 0.717) is 41.5 Å². The Kier molecular flexibility index (Phi) is 6.78. The summed E-state index contributed by atoms with van der Waals surface area (Å²) >= 11 is 0. The van der Waals surface area contributed by atoms with Gasteiger partial charge in [0.1, 0.15) is 11.5 Å². The molecule has 0 bridgehead atoms. The van der Waals surface area contributed by atoms with Gasteiger partial charge in [-0.25, -0.2) is 5.01 Å². The predicted octanol–water partition coefficient (Wildman–Crippen LogP) is 4.79. The lowest BCUT2D eigenvalue weighted by Crippen LogP contribution is -2.53. The fourth-order valence-corrected chi connectivity index (χ4v) is 3.74. The fourth-order valence-electron chi connectivity index (χ4n) is 3.74. The van der Waals surface area contributed by atoms with Gasteiger partial charge in [-0.1, -0.05) is 49.4 Å². The van der Waals surface area contributed by atoms with Crippen LogP contribution in [0.15, 0.2) is 72.8 Å². The number of hydrazine groups is 1. The molecule has 0 spiro atoms. The Hall–Kier alpha value is -4.00. The van der Waals surface area contributed by atoms with Crippen molar-refractivity contribution in [2.75, 3.05) is 18.5 Å². The topological polar surface area (TPSA) is 79.9 Å². The second-order valence-electron chi connectivity index (χ2n) is 7.52. The van der Waals surface area contributed by atoms with E-state index in [1.54, 1.807) is 36.4 Å². The Balaban J connectivity index is 1.73. The van der Waals surface area contributed by atoms with Crippen LogP contribution in [0.3, 0.4) is 0 Å². The summed E-state index contributed by atoms with van der Waals surface area (Å²) in [5.74, 6) is 0.351. The highest BCUT2D eigenvalue weighted by molar-refractivity contribution is 6.04. The van der Waals surface area contributed by atoms with Crippen LogP contribution in [0.2, 0.25) is 0 Å². The van der Waals surface area contributed by atoms with Gasteiger partial charge in [0, 0.05) is 11.3 Å². The summed E-state index contributed by atoms with van der Waals surface area (Å²) in [5.41, 5.74) is 5.06. The van der Waals surface area contributed by atoms with Gasteiger partial charge in [0.2, 0.25) is 0 Å². The number of hydrogen-bond acceptors (Lipinski definition) is 5. The second-order valence-corrected chi connectivity index (χ2v) is 7.52. The van der Waals surface area contributed by atoms with Crippen molar-refractivity contribution >= 4 is 17.5 Å². The highest BCUT2D eigenvalue weighted by Gasteiger charge is 2.36. The lowest BCUT2D eigenvalue weighted by Gasteiger charge is -2.38. The number of amides is 2. The standard InChI is InChI=1S/C26H27N3O4/c1-3-17-33-22-15-9-6-12-19(22)24-27-21-14-8-5-11-18(21)26(31)29(24)28-25(30)20-13-7-10-16-23(20)32-4-2/h5-16,24,27H,3-4,17H2,1-2H3,(H,28,30)/t24-/m0/s1. The first-order valence-corrected chi connectivity index (χ1v) is 11.1. The summed E-state index contributed by atoms with van der Waals surface area (Å²) in [6, 6.07) is 21.7. The van der Waals surface area contributed by atoms with Gasteiger partial charge in [-0.3, -0.25) is 15.0 Å². The first kappa shape index (κ1) is 22.2. The molecule has 0 aliphatic carbocycles. The van der Waals surface area contributed by atoms with Crippen molar-refractivity contribution in [3.8, 4) is 11.5 Å².